The van der Waals surface area contributed by atoms with Crippen molar-refractivity contribution in [2.75, 3.05) is 26.8 Å². The fourth-order valence-corrected chi connectivity index (χ4v) is 1.63. The van der Waals surface area contributed by atoms with Crippen molar-refractivity contribution in [1.82, 2.24) is 5.32 Å². The lowest BCUT2D eigenvalue weighted by atomic mass is 9.81. The average molecular weight is 143 g/mol. The Bertz CT molecular complexity index is 91.4. The molecule has 0 aromatic heterocycles. The van der Waals surface area contributed by atoms with E-state index in [2.05, 4.69) is 12.2 Å². The van der Waals surface area contributed by atoms with Crippen molar-refractivity contribution in [3.63, 3.8) is 0 Å². The van der Waals surface area contributed by atoms with E-state index in [9.17, 15) is 0 Å². The quantitative estimate of drug-likeness (QED) is 0.634. The van der Waals surface area contributed by atoms with Crippen molar-refractivity contribution in [3.05, 3.63) is 0 Å². The number of hydrogen-bond acceptors (Lipinski definition) is 2. The van der Waals surface area contributed by atoms with Gasteiger partial charge in [0.25, 0.3) is 0 Å². The molecule has 0 saturated carbocycles. The highest BCUT2D eigenvalue weighted by atomic mass is 16.5. The molecule has 0 unspecified atom stereocenters. The summed E-state index contributed by atoms with van der Waals surface area (Å²) in [5, 5.41) is 3.22. The molecule has 2 nitrogen and oxygen atoms in total. The van der Waals surface area contributed by atoms with Crippen LogP contribution in [0.3, 0.4) is 0 Å². The van der Waals surface area contributed by atoms with E-state index in [0.29, 0.717) is 5.41 Å². The topological polar surface area (TPSA) is 21.3 Å². The molecule has 0 spiro atoms. The molecular formula is C8H17NO. The molecule has 0 aliphatic carbocycles. The molecule has 1 fully saturated rings. The van der Waals surface area contributed by atoms with Crippen LogP contribution in [0.2, 0.25) is 0 Å². The van der Waals surface area contributed by atoms with Gasteiger partial charge in [-0.25, -0.2) is 0 Å². The number of hydrogen-bond donors (Lipinski definition) is 1. The van der Waals surface area contributed by atoms with Crippen LogP contribution in [0.1, 0.15) is 19.8 Å². The molecule has 1 rings (SSSR count). The van der Waals surface area contributed by atoms with Gasteiger partial charge < -0.3 is 10.1 Å². The van der Waals surface area contributed by atoms with E-state index in [1.807, 2.05) is 7.05 Å². The van der Waals surface area contributed by atoms with Crippen LogP contribution in [0.5, 0.6) is 0 Å². The molecule has 0 radical (unpaired) electrons. The minimum atomic E-state index is 0.490. The zero-order chi connectivity index (χ0) is 7.45. The molecule has 1 aliphatic rings. The standard InChI is InChI=1S/C8H17NO/c1-3-4-8(5-9-2)6-10-7-8/h9H,3-7H2,1-2H3. The highest BCUT2D eigenvalue weighted by Crippen LogP contribution is 2.31. The van der Waals surface area contributed by atoms with Gasteiger partial charge >= 0.3 is 0 Å². The van der Waals surface area contributed by atoms with Gasteiger partial charge in [-0.2, -0.15) is 0 Å². The van der Waals surface area contributed by atoms with Crippen LogP contribution in [-0.2, 0) is 4.74 Å². The van der Waals surface area contributed by atoms with Gasteiger partial charge in [0.15, 0.2) is 0 Å². The van der Waals surface area contributed by atoms with E-state index < -0.39 is 0 Å². The third kappa shape index (κ3) is 1.50. The summed E-state index contributed by atoms with van der Waals surface area (Å²) in [6.45, 7) is 5.26. The summed E-state index contributed by atoms with van der Waals surface area (Å²) < 4.78 is 5.20. The second-order valence-corrected chi connectivity index (χ2v) is 3.27. The second kappa shape index (κ2) is 3.35. The zero-order valence-electron chi connectivity index (χ0n) is 6.94. The van der Waals surface area contributed by atoms with E-state index in [-0.39, 0.29) is 0 Å². The first-order chi connectivity index (χ1) is 4.83. The maximum Gasteiger partial charge on any atom is 0.0557 e. The van der Waals surface area contributed by atoms with Gasteiger partial charge in [-0.3, -0.25) is 0 Å². The Hall–Kier alpha value is -0.0800. The molecule has 1 heterocycles. The zero-order valence-corrected chi connectivity index (χ0v) is 6.94. The first kappa shape index (κ1) is 8.02. The maximum absolute atomic E-state index is 5.20. The van der Waals surface area contributed by atoms with Gasteiger partial charge in [0, 0.05) is 12.0 Å². The molecule has 1 saturated heterocycles. The van der Waals surface area contributed by atoms with E-state index in [1.165, 1.54) is 12.8 Å². The fourth-order valence-electron chi connectivity index (χ4n) is 1.63. The number of nitrogens with one attached hydrogen (secondary N) is 1. The van der Waals surface area contributed by atoms with Gasteiger partial charge in [0.1, 0.15) is 0 Å². The predicted octanol–water partition coefficient (Wildman–Crippen LogP) is 1.02. The summed E-state index contributed by atoms with van der Waals surface area (Å²) in [6, 6.07) is 0. The molecule has 0 aromatic rings. The number of ether oxygens (including phenoxy) is 1. The molecule has 10 heavy (non-hydrogen) atoms. The van der Waals surface area contributed by atoms with Crippen LogP contribution in [0.25, 0.3) is 0 Å². The van der Waals surface area contributed by atoms with Crippen molar-refractivity contribution in [1.29, 1.82) is 0 Å². The average Bonchev–Trinajstić information content (AvgIpc) is 1.84. The highest BCUT2D eigenvalue weighted by Gasteiger charge is 2.36. The minimum absolute atomic E-state index is 0.490. The van der Waals surface area contributed by atoms with Crippen LogP contribution in [0.4, 0.5) is 0 Å². The smallest absolute Gasteiger partial charge is 0.0557 e. The van der Waals surface area contributed by atoms with Crippen LogP contribution in [0, 0.1) is 5.41 Å². The molecule has 0 bridgehead atoms. The Morgan fingerprint density at radius 2 is 2.20 bits per heavy atom. The van der Waals surface area contributed by atoms with Crippen molar-refractivity contribution < 1.29 is 4.74 Å². The van der Waals surface area contributed by atoms with Crippen molar-refractivity contribution in [2.45, 2.75) is 19.8 Å². The lowest BCUT2D eigenvalue weighted by molar-refractivity contribution is -0.114. The number of rotatable bonds is 4. The first-order valence-corrected chi connectivity index (χ1v) is 4.05. The van der Waals surface area contributed by atoms with Crippen LogP contribution in [0.15, 0.2) is 0 Å². The molecule has 0 amide bonds. The monoisotopic (exact) mass is 143 g/mol. The fraction of sp³-hybridized carbons (Fsp3) is 1.00. The van der Waals surface area contributed by atoms with Crippen LogP contribution >= 0.6 is 0 Å². The van der Waals surface area contributed by atoms with Gasteiger partial charge in [-0.1, -0.05) is 13.3 Å². The lowest BCUT2D eigenvalue weighted by Crippen LogP contribution is -2.48. The van der Waals surface area contributed by atoms with Gasteiger partial charge in [0.2, 0.25) is 0 Å². The molecular weight excluding hydrogens is 126 g/mol. The summed E-state index contributed by atoms with van der Waals surface area (Å²) in [4.78, 5) is 0. The van der Waals surface area contributed by atoms with Crippen molar-refractivity contribution in [2.24, 2.45) is 5.41 Å². The third-order valence-electron chi connectivity index (χ3n) is 2.15. The molecule has 0 aromatic carbocycles. The first-order valence-electron chi connectivity index (χ1n) is 4.05. The SMILES string of the molecule is CCCC1(CNC)COC1. The highest BCUT2D eigenvalue weighted by molar-refractivity contribution is 4.86. The molecule has 60 valence electrons. The lowest BCUT2D eigenvalue weighted by Gasteiger charge is -2.41. The Morgan fingerprint density at radius 3 is 2.50 bits per heavy atom. The summed E-state index contributed by atoms with van der Waals surface area (Å²) >= 11 is 0. The Balaban J connectivity index is 2.27. The van der Waals surface area contributed by atoms with Crippen LogP contribution in [-0.4, -0.2) is 26.8 Å². The van der Waals surface area contributed by atoms with E-state index in [1.54, 1.807) is 0 Å². The Morgan fingerprint density at radius 1 is 1.50 bits per heavy atom. The summed E-state index contributed by atoms with van der Waals surface area (Å²) in [7, 11) is 2.01. The molecule has 2 heteroatoms. The van der Waals surface area contributed by atoms with E-state index >= 15 is 0 Å². The molecule has 1 N–H and O–H groups in total. The van der Waals surface area contributed by atoms with E-state index in [4.69, 9.17) is 4.74 Å². The Labute approximate surface area is 63.0 Å². The summed E-state index contributed by atoms with van der Waals surface area (Å²) in [6.07, 6.45) is 2.57. The Kier molecular flexibility index (Phi) is 2.69. The summed E-state index contributed by atoms with van der Waals surface area (Å²) in [5.41, 5.74) is 0.490. The van der Waals surface area contributed by atoms with Crippen molar-refractivity contribution in [3.8, 4) is 0 Å². The third-order valence-corrected chi connectivity index (χ3v) is 2.15. The predicted molar refractivity (Wildman–Crippen MR) is 42.1 cm³/mol. The van der Waals surface area contributed by atoms with Gasteiger partial charge in [-0.05, 0) is 13.5 Å². The normalized spacial score (nSPS) is 22.2. The molecule has 1 aliphatic heterocycles. The van der Waals surface area contributed by atoms with E-state index in [0.717, 1.165) is 19.8 Å². The maximum atomic E-state index is 5.20. The summed E-state index contributed by atoms with van der Waals surface area (Å²) in [5.74, 6) is 0. The van der Waals surface area contributed by atoms with Crippen molar-refractivity contribution >= 4 is 0 Å². The largest absolute Gasteiger partial charge is 0.380 e. The van der Waals surface area contributed by atoms with Gasteiger partial charge in [-0.15, -0.1) is 0 Å². The molecule has 0 atom stereocenters. The minimum Gasteiger partial charge on any atom is -0.380 e. The second-order valence-electron chi connectivity index (χ2n) is 3.27. The van der Waals surface area contributed by atoms with Gasteiger partial charge in [0.05, 0.1) is 13.2 Å². The van der Waals surface area contributed by atoms with Crippen LogP contribution < -0.4 is 5.32 Å².